The maximum Gasteiger partial charge on any atom is 0.237 e. The number of thioether (sulfide) groups is 1. The lowest BCUT2D eigenvalue weighted by Gasteiger charge is -2.13. The van der Waals surface area contributed by atoms with Crippen LogP contribution >= 0.6 is 11.8 Å². The molecule has 0 aliphatic rings. The Morgan fingerprint density at radius 2 is 1.59 bits per heavy atom. The number of anilines is 2. The lowest BCUT2D eigenvalue weighted by atomic mass is 10.2. The van der Waals surface area contributed by atoms with Gasteiger partial charge in [0.25, 0.3) is 0 Å². The van der Waals surface area contributed by atoms with E-state index in [0.29, 0.717) is 17.2 Å². The van der Waals surface area contributed by atoms with E-state index in [1.807, 2.05) is 38.1 Å². The number of benzene rings is 2. The predicted molar refractivity (Wildman–Crippen MR) is 109 cm³/mol. The fourth-order valence-corrected chi connectivity index (χ4v) is 3.54. The van der Waals surface area contributed by atoms with Crippen molar-refractivity contribution >= 4 is 45.9 Å². The van der Waals surface area contributed by atoms with Gasteiger partial charge in [0.2, 0.25) is 11.8 Å². The van der Waals surface area contributed by atoms with Crippen molar-refractivity contribution in [3.8, 4) is 0 Å². The third-order valence-electron chi connectivity index (χ3n) is 3.81. The summed E-state index contributed by atoms with van der Waals surface area (Å²) in [5, 5.41) is 6.98. The van der Waals surface area contributed by atoms with Gasteiger partial charge in [0.15, 0.2) is 0 Å². The first-order chi connectivity index (χ1) is 12.9. The summed E-state index contributed by atoms with van der Waals surface area (Å²) in [6.45, 7) is 5.14. The second-order valence-corrected chi connectivity index (χ2v) is 7.43. The van der Waals surface area contributed by atoms with Gasteiger partial charge in [-0.25, -0.2) is 9.97 Å². The Labute approximate surface area is 161 Å². The number of fused-ring (bicyclic) bond motifs is 1. The van der Waals surface area contributed by atoms with E-state index in [9.17, 15) is 9.59 Å². The van der Waals surface area contributed by atoms with E-state index in [0.717, 1.165) is 15.9 Å². The number of para-hydroxylation sites is 1. The van der Waals surface area contributed by atoms with Crippen molar-refractivity contribution in [2.75, 3.05) is 10.6 Å². The first-order valence-electron chi connectivity index (χ1n) is 8.51. The maximum atomic E-state index is 12.6. The third kappa shape index (κ3) is 4.83. The molecule has 0 aliphatic heterocycles. The molecule has 0 saturated heterocycles. The van der Waals surface area contributed by atoms with Gasteiger partial charge in [-0.3, -0.25) is 9.59 Å². The highest BCUT2D eigenvalue weighted by molar-refractivity contribution is 8.00. The molecule has 0 spiro atoms. The maximum absolute atomic E-state index is 12.6. The van der Waals surface area contributed by atoms with Gasteiger partial charge >= 0.3 is 0 Å². The summed E-state index contributed by atoms with van der Waals surface area (Å²) >= 11 is 1.41. The van der Waals surface area contributed by atoms with Crippen LogP contribution in [0.4, 0.5) is 11.4 Å². The van der Waals surface area contributed by atoms with Gasteiger partial charge in [0.05, 0.1) is 10.8 Å². The van der Waals surface area contributed by atoms with Crippen molar-refractivity contribution in [2.24, 2.45) is 0 Å². The van der Waals surface area contributed by atoms with Crippen LogP contribution in [0.2, 0.25) is 0 Å². The van der Waals surface area contributed by atoms with E-state index in [-0.39, 0.29) is 17.1 Å². The molecule has 0 fully saturated rings. The van der Waals surface area contributed by atoms with E-state index >= 15 is 0 Å². The van der Waals surface area contributed by atoms with Crippen LogP contribution in [0.15, 0.2) is 53.6 Å². The van der Waals surface area contributed by atoms with E-state index in [2.05, 4.69) is 20.6 Å². The van der Waals surface area contributed by atoms with Crippen LogP contribution in [0.25, 0.3) is 10.9 Å². The molecule has 0 unspecified atom stereocenters. The summed E-state index contributed by atoms with van der Waals surface area (Å²) in [4.78, 5) is 32.5. The fraction of sp³-hybridized carbons (Fsp3) is 0.200. The molecule has 0 aliphatic carbocycles. The van der Waals surface area contributed by atoms with Crippen LogP contribution in [-0.4, -0.2) is 27.0 Å². The molecule has 2 amide bonds. The zero-order chi connectivity index (χ0) is 19.4. The molecule has 1 aromatic heterocycles. The average molecular weight is 380 g/mol. The van der Waals surface area contributed by atoms with Gasteiger partial charge in [-0.2, -0.15) is 0 Å². The van der Waals surface area contributed by atoms with Gasteiger partial charge in [0, 0.05) is 23.7 Å². The minimum Gasteiger partial charge on any atom is -0.326 e. The summed E-state index contributed by atoms with van der Waals surface area (Å²) in [7, 11) is 0. The van der Waals surface area contributed by atoms with Crippen molar-refractivity contribution in [2.45, 2.75) is 31.0 Å². The van der Waals surface area contributed by atoms with Crippen LogP contribution in [0.3, 0.4) is 0 Å². The normalized spacial score (nSPS) is 11.8. The summed E-state index contributed by atoms with van der Waals surface area (Å²) in [5.74, 6) is 0.425. The molecule has 2 aromatic carbocycles. The van der Waals surface area contributed by atoms with E-state index < -0.39 is 0 Å². The van der Waals surface area contributed by atoms with E-state index in [4.69, 9.17) is 0 Å². The highest BCUT2D eigenvalue weighted by atomic mass is 32.2. The van der Waals surface area contributed by atoms with Crippen LogP contribution < -0.4 is 10.6 Å². The zero-order valence-electron chi connectivity index (χ0n) is 15.3. The van der Waals surface area contributed by atoms with E-state index in [1.165, 1.54) is 18.7 Å². The number of hydrogen-bond acceptors (Lipinski definition) is 5. The predicted octanol–water partition coefficient (Wildman–Crippen LogP) is 4.02. The Bertz CT molecular complexity index is 989. The van der Waals surface area contributed by atoms with Crippen molar-refractivity contribution < 1.29 is 9.59 Å². The quantitative estimate of drug-likeness (QED) is 0.516. The van der Waals surface area contributed by atoms with Gasteiger partial charge < -0.3 is 10.6 Å². The number of amides is 2. The molecule has 138 valence electrons. The van der Waals surface area contributed by atoms with Crippen molar-refractivity contribution in [1.82, 2.24) is 9.97 Å². The second kappa shape index (κ2) is 8.18. The first-order valence-corrected chi connectivity index (χ1v) is 9.39. The number of aromatic nitrogens is 2. The largest absolute Gasteiger partial charge is 0.326 e. The number of nitrogens with zero attached hydrogens (tertiary/aromatic N) is 2. The van der Waals surface area contributed by atoms with Gasteiger partial charge in [-0.1, -0.05) is 30.0 Å². The SMILES string of the molecule is CC(=O)Nc1ccc(NC(=O)[C@H](C)Sc2nc(C)nc3ccccc23)cc1. The highest BCUT2D eigenvalue weighted by Crippen LogP contribution is 2.29. The summed E-state index contributed by atoms with van der Waals surface area (Å²) in [6, 6.07) is 14.8. The van der Waals surface area contributed by atoms with Gasteiger partial charge in [0.1, 0.15) is 10.9 Å². The lowest BCUT2D eigenvalue weighted by Crippen LogP contribution is -2.22. The number of aryl methyl sites for hydroxylation is 1. The minimum absolute atomic E-state index is 0.118. The molecule has 3 rings (SSSR count). The van der Waals surface area contributed by atoms with E-state index in [1.54, 1.807) is 24.3 Å². The molecule has 2 N–H and O–H groups in total. The van der Waals surface area contributed by atoms with Crippen LogP contribution in [-0.2, 0) is 9.59 Å². The zero-order valence-corrected chi connectivity index (χ0v) is 16.1. The molecular weight excluding hydrogens is 360 g/mol. The molecular formula is C20H20N4O2S. The number of hydrogen-bond donors (Lipinski definition) is 2. The number of nitrogens with one attached hydrogen (secondary N) is 2. The summed E-state index contributed by atoms with van der Waals surface area (Å²) in [6.07, 6.45) is 0. The molecule has 27 heavy (non-hydrogen) atoms. The average Bonchev–Trinajstić information content (AvgIpc) is 2.62. The minimum atomic E-state index is -0.335. The molecule has 1 atom stereocenters. The molecule has 1 heterocycles. The smallest absolute Gasteiger partial charge is 0.237 e. The van der Waals surface area contributed by atoms with Crippen molar-refractivity contribution in [3.63, 3.8) is 0 Å². The fourth-order valence-electron chi connectivity index (χ4n) is 2.55. The van der Waals surface area contributed by atoms with Crippen molar-refractivity contribution in [1.29, 1.82) is 0 Å². The number of carbonyl (C=O) groups is 2. The monoisotopic (exact) mass is 380 g/mol. The molecule has 0 radical (unpaired) electrons. The lowest BCUT2D eigenvalue weighted by molar-refractivity contribution is -0.115. The second-order valence-electron chi connectivity index (χ2n) is 6.10. The summed E-state index contributed by atoms with van der Waals surface area (Å²) in [5.41, 5.74) is 2.23. The molecule has 3 aromatic rings. The Morgan fingerprint density at radius 1 is 0.963 bits per heavy atom. The molecule has 0 saturated carbocycles. The third-order valence-corrected chi connectivity index (χ3v) is 4.91. The standard InChI is InChI=1S/C20H20N4O2S/c1-12(19(26)24-16-10-8-15(9-11-16)23-14(3)25)27-20-17-6-4-5-7-18(17)21-13(2)22-20/h4-12H,1-3H3,(H,23,25)(H,24,26)/t12-/m0/s1. The number of rotatable bonds is 5. The van der Waals surface area contributed by atoms with Gasteiger partial charge in [-0.15, -0.1) is 0 Å². The summed E-state index contributed by atoms with van der Waals surface area (Å²) < 4.78 is 0. The Hall–Kier alpha value is -2.93. The topological polar surface area (TPSA) is 84.0 Å². The van der Waals surface area contributed by atoms with Crippen LogP contribution in [0.1, 0.15) is 19.7 Å². The first kappa shape index (κ1) is 18.8. The Balaban J connectivity index is 1.70. The van der Waals surface area contributed by atoms with Crippen LogP contribution in [0.5, 0.6) is 0 Å². The highest BCUT2D eigenvalue weighted by Gasteiger charge is 2.17. The molecule has 7 heteroatoms. The van der Waals surface area contributed by atoms with Gasteiger partial charge in [-0.05, 0) is 44.2 Å². The van der Waals surface area contributed by atoms with Crippen LogP contribution in [0, 0.1) is 6.92 Å². The number of carbonyl (C=O) groups excluding carboxylic acids is 2. The Kier molecular flexibility index (Phi) is 5.71. The van der Waals surface area contributed by atoms with Crippen molar-refractivity contribution in [3.05, 3.63) is 54.4 Å². The molecule has 0 bridgehead atoms. The Morgan fingerprint density at radius 3 is 2.26 bits per heavy atom. The molecule has 6 nitrogen and oxygen atoms in total.